The van der Waals surface area contributed by atoms with Gasteiger partial charge in [0.25, 0.3) is 5.56 Å². The molecule has 0 radical (unpaired) electrons. The SMILES string of the molecule is COc1cc(OC)c(NC(=O)CCn2c(=O)[nH]c(=O)c3ccccc32)cc1Cl. The highest BCUT2D eigenvalue weighted by molar-refractivity contribution is 6.32. The summed E-state index contributed by atoms with van der Waals surface area (Å²) in [5.41, 5.74) is -0.174. The zero-order valence-electron chi connectivity index (χ0n) is 15.2. The Morgan fingerprint density at radius 1 is 1.14 bits per heavy atom. The summed E-state index contributed by atoms with van der Waals surface area (Å²) < 4.78 is 11.7. The topological polar surface area (TPSA) is 102 Å². The molecule has 0 bridgehead atoms. The summed E-state index contributed by atoms with van der Waals surface area (Å²) in [4.78, 5) is 38.7. The highest BCUT2D eigenvalue weighted by atomic mass is 35.5. The number of aryl methyl sites for hydroxylation is 1. The van der Waals surface area contributed by atoms with Crippen LogP contribution in [0.1, 0.15) is 6.42 Å². The van der Waals surface area contributed by atoms with Crippen molar-refractivity contribution >= 4 is 34.1 Å². The third kappa shape index (κ3) is 3.86. The van der Waals surface area contributed by atoms with Gasteiger partial charge in [0, 0.05) is 19.0 Å². The molecule has 2 N–H and O–H groups in total. The second-order valence-electron chi connectivity index (χ2n) is 5.91. The number of methoxy groups -OCH3 is 2. The summed E-state index contributed by atoms with van der Waals surface area (Å²) in [6.07, 6.45) is 0.00273. The molecule has 9 heteroatoms. The van der Waals surface area contributed by atoms with E-state index in [0.717, 1.165) is 0 Å². The molecule has 0 aliphatic rings. The van der Waals surface area contributed by atoms with E-state index in [-0.39, 0.29) is 18.9 Å². The molecule has 3 aromatic rings. The van der Waals surface area contributed by atoms with Gasteiger partial charge in [0.15, 0.2) is 0 Å². The molecule has 0 spiro atoms. The maximum Gasteiger partial charge on any atom is 0.328 e. The van der Waals surface area contributed by atoms with Crippen molar-refractivity contribution in [1.29, 1.82) is 0 Å². The lowest BCUT2D eigenvalue weighted by Gasteiger charge is -2.14. The molecule has 1 heterocycles. The molecule has 2 aromatic carbocycles. The molecule has 3 rings (SSSR count). The van der Waals surface area contributed by atoms with E-state index in [0.29, 0.717) is 33.1 Å². The van der Waals surface area contributed by atoms with Gasteiger partial charge in [0.2, 0.25) is 5.91 Å². The van der Waals surface area contributed by atoms with Crippen LogP contribution < -0.4 is 26.0 Å². The summed E-state index contributed by atoms with van der Waals surface area (Å²) >= 11 is 6.10. The van der Waals surface area contributed by atoms with Crippen LogP contribution in [0.2, 0.25) is 5.02 Å². The van der Waals surface area contributed by atoms with Crippen LogP contribution in [0.15, 0.2) is 46.0 Å². The largest absolute Gasteiger partial charge is 0.495 e. The Balaban J connectivity index is 1.81. The molecular weight excluding hydrogens is 386 g/mol. The van der Waals surface area contributed by atoms with Crippen LogP contribution in [0.4, 0.5) is 5.69 Å². The number of carbonyl (C=O) groups excluding carboxylic acids is 1. The molecule has 146 valence electrons. The number of nitrogens with zero attached hydrogens (tertiary/aromatic N) is 1. The Morgan fingerprint density at radius 2 is 1.86 bits per heavy atom. The summed E-state index contributed by atoms with van der Waals surface area (Å²) in [6.45, 7) is 0.0914. The number of aromatic nitrogens is 2. The Labute approximate surface area is 164 Å². The number of aromatic amines is 1. The fourth-order valence-corrected chi connectivity index (χ4v) is 3.09. The van der Waals surface area contributed by atoms with Crippen molar-refractivity contribution in [3.8, 4) is 11.5 Å². The molecular formula is C19H18ClN3O5. The van der Waals surface area contributed by atoms with Crippen LogP contribution in [0.3, 0.4) is 0 Å². The Bertz CT molecular complexity index is 1150. The molecule has 0 aliphatic heterocycles. The minimum absolute atomic E-state index is 0.00273. The first-order valence-corrected chi connectivity index (χ1v) is 8.75. The van der Waals surface area contributed by atoms with Gasteiger partial charge >= 0.3 is 5.69 Å². The van der Waals surface area contributed by atoms with Gasteiger partial charge < -0.3 is 14.8 Å². The van der Waals surface area contributed by atoms with E-state index in [2.05, 4.69) is 10.3 Å². The number of carbonyl (C=O) groups is 1. The van der Waals surface area contributed by atoms with Crippen molar-refractivity contribution in [1.82, 2.24) is 9.55 Å². The van der Waals surface area contributed by atoms with E-state index in [1.807, 2.05) is 0 Å². The van der Waals surface area contributed by atoms with Crippen molar-refractivity contribution < 1.29 is 14.3 Å². The zero-order chi connectivity index (χ0) is 20.3. The number of nitrogens with one attached hydrogen (secondary N) is 2. The molecule has 0 aliphatic carbocycles. The van der Waals surface area contributed by atoms with Gasteiger partial charge in [-0.3, -0.25) is 19.1 Å². The van der Waals surface area contributed by atoms with Gasteiger partial charge in [-0.2, -0.15) is 0 Å². The Kier molecular flexibility index (Phi) is 5.70. The number of halogens is 1. The third-order valence-corrected chi connectivity index (χ3v) is 4.51. The monoisotopic (exact) mass is 403 g/mol. The first-order valence-electron chi connectivity index (χ1n) is 8.38. The van der Waals surface area contributed by atoms with Crippen molar-refractivity contribution in [3.05, 3.63) is 62.3 Å². The quantitative estimate of drug-likeness (QED) is 0.658. The molecule has 1 amide bonds. The molecule has 0 saturated heterocycles. The van der Waals surface area contributed by atoms with E-state index in [9.17, 15) is 14.4 Å². The lowest BCUT2D eigenvalue weighted by molar-refractivity contribution is -0.116. The number of hydrogen-bond acceptors (Lipinski definition) is 5. The fraction of sp³-hybridized carbons (Fsp3) is 0.211. The zero-order valence-corrected chi connectivity index (χ0v) is 16.0. The van der Waals surface area contributed by atoms with Crippen molar-refractivity contribution in [3.63, 3.8) is 0 Å². The van der Waals surface area contributed by atoms with Gasteiger partial charge in [-0.15, -0.1) is 0 Å². The molecule has 28 heavy (non-hydrogen) atoms. The third-order valence-electron chi connectivity index (χ3n) is 4.22. The second kappa shape index (κ2) is 8.18. The smallest absolute Gasteiger partial charge is 0.328 e. The first-order chi connectivity index (χ1) is 13.4. The number of para-hydroxylation sites is 1. The highest BCUT2D eigenvalue weighted by Gasteiger charge is 2.14. The van der Waals surface area contributed by atoms with Crippen molar-refractivity contribution in [2.24, 2.45) is 0 Å². The van der Waals surface area contributed by atoms with Crippen LogP contribution in [-0.2, 0) is 11.3 Å². The fourth-order valence-electron chi connectivity index (χ4n) is 2.85. The van der Waals surface area contributed by atoms with Crippen LogP contribution in [-0.4, -0.2) is 29.7 Å². The first kappa shape index (κ1) is 19.5. The molecule has 0 saturated carbocycles. The lowest BCUT2D eigenvalue weighted by Crippen LogP contribution is -2.31. The van der Waals surface area contributed by atoms with Gasteiger partial charge in [-0.25, -0.2) is 4.79 Å². The van der Waals surface area contributed by atoms with Crippen LogP contribution in [0.25, 0.3) is 10.9 Å². The van der Waals surface area contributed by atoms with E-state index >= 15 is 0 Å². The van der Waals surface area contributed by atoms with Crippen LogP contribution in [0, 0.1) is 0 Å². The maximum absolute atomic E-state index is 12.4. The standard InChI is InChI=1S/C19H18ClN3O5/c1-27-15-10-16(28-2)13(9-12(15)20)21-17(24)7-8-23-14-6-4-3-5-11(14)18(25)22-19(23)26/h3-6,9-10H,7-8H2,1-2H3,(H,21,24)(H,22,25,26). The van der Waals surface area contributed by atoms with Crippen LogP contribution >= 0.6 is 11.6 Å². The number of anilines is 1. The van der Waals surface area contributed by atoms with E-state index in [4.69, 9.17) is 21.1 Å². The normalized spacial score (nSPS) is 10.7. The van der Waals surface area contributed by atoms with Gasteiger partial charge in [-0.1, -0.05) is 23.7 Å². The van der Waals surface area contributed by atoms with E-state index in [1.54, 1.807) is 30.3 Å². The minimum Gasteiger partial charge on any atom is -0.495 e. The number of ether oxygens (including phenoxy) is 2. The summed E-state index contributed by atoms with van der Waals surface area (Å²) in [5, 5.41) is 3.41. The predicted octanol–water partition coefficient (Wildman–Crippen LogP) is 2.39. The second-order valence-corrected chi connectivity index (χ2v) is 6.32. The summed E-state index contributed by atoms with van der Waals surface area (Å²) in [5.74, 6) is 0.464. The number of hydrogen-bond donors (Lipinski definition) is 2. The summed E-state index contributed by atoms with van der Waals surface area (Å²) in [7, 11) is 2.94. The maximum atomic E-state index is 12.4. The highest BCUT2D eigenvalue weighted by Crippen LogP contribution is 2.35. The average molecular weight is 404 g/mol. The molecule has 0 fully saturated rings. The number of benzene rings is 2. The van der Waals surface area contributed by atoms with Gasteiger partial charge in [0.05, 0.1) is 35.8 Å². The molecule has 8 nitrogen and oxygen atoms in total. The van der Waals surface area contributed by atoms with E-state index < -0.39 is 11.2 Å². The van der Waals surface area contributed by atoms with Gasteiger partial charge in [-0.05, 0) is 18.2 Å². The lowest BCUT2D eigenvalue weighted by atomic mass is 10.2. The predicted molar refractivity (Wildman–Crippen MR) is 107 cm³/mol. The Hall–Kier alpha value is -3.26. The molecule has 0 unspecified atom stereocenters. The average Bonchev–Trinajstić information content (AvgIpc) is 2.68. The molecule has 1 aromatic heterocycles. The number of fused-ring (bicyclic) bond motifs is 1. The van der Waals surface area contributed by atoms with Crippen molar-refractivity contribution in [2.45, 2.75) is 13.0 Å². The van der Waals surface area contributed by atoms with Crippen molar-refractivity contribution in [2.75, 3.05) is 19.5 Å². The molecule has 0 atom stereocenters. The number of rotatable bonds is 6. The van der Waals surface area contributed by atoms with Gasteiger partial charge in [0.1, 0.15) is 11.5 Å². The van der Waals surface area contributed by atoms with Crippen LogP contribution in [0.5, 0.6) is 11.5 Å². The summed E-state index contributed by atoms with van der Waals surface area (Å²) in [6, 6.07) is 9.81. The number of H-pyrrole nitrogens is 1. The van der Waals surface area contributed by atoms with E-state index in [1.165, 1.54) is 24.9 Å². The minimum atomic E-state index is -0.568. The Morgan fingerprint density at radius 3 is 2.57 bits per heavy atom. The number of amides is 1.